The zero-order valence-corrected chi connectivity index (χ0v) is 14.6. The van der Waals surface area contributed by atoms with Crippen LogP contribution in [0.25, 0.3) is 0 Å². The van der Waals surface area contributed by atoms with Gasteiger partial charge in [0.25, 0.3) is 0 Å². The van der Waals surface area contributed by atoms with Gasteiger partial charge in [0, 0.05) is 6.04 Å². The Labute approximate surface area is 130 Å². The second kappa shape index (κ2) is 6.16. The summed E-state index contributed by atoms with van der Waals surface area (Å²) in [4.78, 5) is 0. The number of halogens is 1. The van der Waals surface area contributed by atoms with E-state index in [2.05, 4.69) is 58.8 Å². The van der Waals surface area contributed by atoms with Crippen LogP contribution in [0.15, 0.2) is 10.7 Å². The lowest BCUT2D eigenvalue weighted by molar-refractivity contribution is 0.0939. The number of aromatic nitrogens is 2. The van der Waals surface area contributed by atoms with E-state index in [0.717, 1.165) is 4.47 Å². The molecule has 0 spiro atoms. The largest absolute Gasteiger partial charge is 0.271 e. The van der Waals surface area contributed by atoms with Gasteiger partial charge in [-0.1, -0.05) is 26.7 Å². The lowest BCUT2D eigenvalue weighted by atomic mass is 9.65. The summed E-state index contributed by atoms with van der Waals surface area (Å²) in [6, 6.07) is 0.475. The summed E-state index contributed by atoms with van der Waals surface area (Å²) in [5.74, 6) is 6.48. The molecule has 3 N–H and O–H groups in total. The molecule has 2 atom stereocenters. The fraction of sp³-hybridized carbons (Fsp3) is 0.800. The summed E-state index contributed by atoms with van der Waals surface area (Å²) in [6.45, 7) is 9.04. The maximum Gasteiger partial charge on any atom is 0.0715 e. The van der Waals surface area contributed by atoms with E-state index in [1.807, 2.05) is 6.20 Å². The minimum Gasteiger partial charge on any atom is -0.271 e. The molecule has 20 heavy (non-hydrogen) atoms. The Hall–Kier alpha value is -0.390. The van der Waals surface area contributed by atoms with Gasteiger partial charge in [0.05, 0.1) is 22.4 Å². The van der Waals surface area contributed by atoms with Crippen LogP contribution < -0.4 is 11.3 Å². The Morgan fingerprint density at radius 2 is 2.15 bits per heavy atom. The van der Waals surface area contributed by atoms with Crippen molar-refractivity contribution in [2.75, 3.05) is 0 Å². The summed E-state index contributed by atoms with van der Waals surface area (Å²) in [5, 5.41) is 4.50. The van der Waals surface area contributed by atoms with Crippen molar-refractivity contribution >= 4 is 15.9 Å². The van der Waals surface area contributed by atoms with Gasteiger partial charge in [-0.05, 0) is 54.0 Å². The van der Waals surface area contributed by atoms with Gasteiger partial charge in [-0.15, -0.1) is 0 Å². The Balaban J connectivity index is 2.39. The molecule has 0 aliphatic heterocycles. The van der Waals surface area contributed by atoms with Crippen molar-refractivity contribution in [2.45, 2.75) is 65.5 Å². The number of nitrogens with two attached hydrogens (primary N) is 1. The first-order valence-corrected chi connectivity index (χ1v) is 8.37. The summed E-state index contributed by atoms with van der Waals surface area (Å²) < 4.78 is 3.13. The van der Waals surface area contributed by atoms with Crippen LogP contribution in [-0.2, 0) is 0 Å². The molecule has 2 rings (SSSR count). The minimum atomic E-state index is 0.143. The number of rotatable bonds is 4. The molecule has 0 radical (unpaired) electrons. The summed E-state index contributed by atoms with van der Waals surface area (Å²) in [5.41, 5.74) is 4.56. The number of nitrogens with zero attached hydrogens (tertiary/aromatic N) is 2. The molecule has 1 aromatic heterocycles. The van der Waals surface area contributed by atoms with Crippen molar-refractivity contribution in [2.24, 2.45) is 17.2 Å². The predicted molar refractivity (Wildman–Crippen MR) is 86.1 cm³/mol. The number of nitrogens with one attached hydrogen (secondary N) is 1. The zero-order valence-electron chi connectivity index (χ0n) is 13.0. The standard InChI is InChI=1S/C15H27BrN4/c1-10(2)20-14(12(16)9-18-20)13(19-17)11-7-5-6-8-15(11,3)4/h9-11,13,19H,5-8,17H2,1-4H3. The molecule has 0 saturated heterocycles. The highest BCUT2D eigenvalue weighted by Gasteiger charge is 2.40. The molecule has 4 nitrogen and oxygen atoms in total. The van der Waals surface area contributed by atoms with Crippen LogP contribution in [0.5, 0.6) is 0 Å². The van der Waals surface area contributed by atoms with Gasteiger partial charge in [-0.3, -0.25) is 16.0 Å². The molecule has 1 fully saturated rings. The van der Waals surface area contributed by atoms with E-state index >= 15 is 0 Å². The zero-order chi connectivity index (χ0) is 14.9. The molecule has 1 aliphatic rings. The highest BCUT2D eigenvalue weighted by atomic mass is 79.9. The summed E-state index contributed by atoms with van der Waals surface area (Å²) in [6.07, 6.45) is 6.99. The molecule has 0 aromatic carbocycles. The first kappa shape index (κ1) is 16.0. The van der Waals surface area contributed by atoms with Crippen molar-refractivity contribution in [3.8, 4) is 0 Å². The van der Waals surface area contributed by atoms with E-state index in [0.29, 0.717) is 17.4 Å². The van der Waals surface area contributed by atoms with Crippen LogP contribution in [0.4, 0.5) is 0 Å². The molecular weight excluding hydrogens is 316 g/mol. The van der Waals surface area contributed by atoms with Gasteiger partial charge in [-0.2, -0.15) is 5.10 Å². The molecule has 1 aromatic rings. The lowest BCUT2D eigenvalue weighted by Crippen LogP contribution is -2.43. The number of hydrogen-bond acceptors (Lipinski definition) is 3. The first-order valence-electron chi connectivity index (χ1n) is 7.57. The van der Waals surface area contributed by atoms with E-state index in [9.17, 15) is 0 Å². The van der Waals surface area contributed by atoms with Gasteiger partial charge in [-0.25, -0.2) is 0 Å². The third kappa shape index (κ3) is 2.95. The number of hydrazine groups is 1. The SMILES string of the molecule is CC(C)n1ncc(Br)c1C(NN)C1CCCCC1(C)C. The Kier molecular flexibility index (Phi) is 4.92. The lowest BCUT2D eigenvalue weighted by Gasteiger charge is -2.43. The highest BCUT2D eigenvalue weighted by molar-refractivity contribution is 9.10. The van der Waals surface area contributed by atoms with Crippen molar-refractivity contribution in [1.82, 2.24) is 15.2 Å². The van der Waals surface area contributed by atoms with E-state index < -0.39 is 0 Å². The Bertz CT molecular complexity index is 453. The molecule has 1 heterocycles. The van der Waals surface area contributed by atoms with Crippen LogP contribution in [0.2, 0.25) is 0 Å². The fourth-order valence-corrected chi connectivity index (χ4v) is 4.10. The molecule has 2 unspecified atom stereocenters. The normalized spacial score (nSPS) is 24.1. The van der Waals surface area contributed by atoms with Crippen molar-refractivity contribution in [1.29, 1.82) is 0 Å². The highest BCUT2D eigenvalue weighted by Crippen LogP contribution is 2.47. The van der Waals surface area contributed by atoms with Gasteiger partial charge >= 0.3 is 0 Å². The molecule has 1 saturated carbocycles. The summed E-state index contributed by atoms with van der Waals surface area (Å²) >= 11 is 3.65. The average Bonchev–Trinajstić information content (AvgIpc) is 2.75. The predicted octanol–water partition coefficient (Wildman–Crippen LogP) is 3.95. The van der Waals surface area contributed by atoms with E-state index in [1.165, 1.54) is 31.4 Å². The molecule has 0 amide bonds. The van der Waals surface area contributed by atoms with Crippen molar-refractivity contribution in [3.63, 3.8) is 0 Å². The van der Waals surface area contributed by atoms with E-state index in [-0.39, 0.29) is 6.04 Å². The van der Waals surface area contributed by atoms with Gasteiger partial charge < -0.3 is 0 Å². The van der Waals surface area contributed by atoms with Gasteiger partial charge in [0.1, 0.15) is 0 Å². The van der Waals surface area contributed by atoms with E-state index in [4.69, 9.17) is 5.84 Å². The average molecular weight is 343 g/mol. The van der Waals surface area contributed by atoms with Gasteiger partial charge in [0.2, 0.25) is 0 Å². The molecule has 114 valence electrons. The fourth-order valence-electron chi connectivity index (χ4n) is 3.58. The number of hydrogen-bond donors (Lipinski definition) is 2. The third-order valence-electron chi connectivity index (χ3n) is 4.74. The molecular formula is C15H27BrN4. The van der Waals surface area contributed by atoms with Crippen molar-refractivity contribution in [3.05, 3.63) is 16.4 Å². The maximum atomic E-state index is 5.94. The first-order chi connectivity index (χ1) is 9.38. The van der Waals surface area contributed by atoms with E-state index in [1.54, 1.807) is 0 Å². The molecule has 0 bridgehead atoms. The van der Waals surface area contributed by atoms with Gasteiger partial charge in [0.15, 0.2) is 0 Å². The molecule has 5 heteroatoms. The summed E-state index contributed by atoms with van der Waals surface area (Å²) in [7, 11) is 0. The van der Waals surface area contributed by atoms with Crippen molar-refractivity contribution < 1.29 is 0 Å². The van der Waals surface area contributed by atoms with Crippen LogP contribution in [0.3, 0.4) is 0 Å². The maximum absolute atomic E-state index is 5.94. The minimum absolute atomic E-state index is 0.143. The van der Waals surface area contributed by atoms with Crippen LogP contribution in [0.1, 0.15) is 71.2 Å². The molecule has 1 aliphatic carbocycles. The quantitative estimate of drug-likeness (QED) is 0.643. The van der Waals surface area contributed by atoms with Crippen LogP contribution in [0, 0.1) is 11.3 Å². The third-order valence-corrected chi connectivity index (χ3v) is 5.35. The second-order valence-corrected chi connectivity index (χ2v) is 7.76. The second-order valence-electron chi connectivity index (χ2n) is 6.90. The van der Waals surface area contributed by atoms with Crippen LogP contribution >= 0.6 is 15.9 Å². The smallest absolute Gasteiger partial charge is 0.0715 e. The monoisotopic (exact) mass is 342 g/mol. The Morgan fingerprint density at radius 1 is 1.45 bits per heavy atom. The van der Waals surface area contributed by atoms with Crippen LogP contribution in [-0.4, -0.2) is 9.78 Å². The Morgan fingerprint density at radius 3 is 2.70 bits per heavy atom. The topological polar surface area (TPSA) is 55.9 Å².